The molecule has 0 radical (unpaired) electrons. The number of aryl methyl sites for hydroxylation is 2. The van der Waals surface area contributed by atoms with Crippen molar-refractivity contribution in [2.24, 2.45) is 5.41 Å². The second-order valence-electron chi connectivity index (χ2n) is 7.90. The summed E-state index contributed by atoms with van der Waals surface area (Å²) in [6.07, 6.45) is 8.26. The van der Waals surface area contributed by atoms with Crippen molar-refractivity contribution in [3.63, 3.8) is 0 Å². The van der Waals surface area contributed by atoms with E-state index in [1.165, 1.54) is 47.9 Å². The fourth-order valence-corrected chi connectivity index (χ4v) is 3.75. The monoisotopic (exact) mass is 348 g/mol. The predicted octanol–water partition coefficient (Wildman–Crippen LogP) is 6.24. The topological polar surface area (TPSA) is 37.3 Å². The Morgan fingerprint density at radius 2 is 1.65 bits per heavy atom. The van der Waals surface area contributed by atoms with Gasteiger partial charge in [0, 0.05) is 0 Å². The molecule has 3 rings (SSSR count). The lowest BCUT2D eigenvalue weighted by Crippen LogP contribution is -2.14. The number of benzene rings is 2. The SMILES string of the molecule is CCC1(C)CCc2ccc(C(C)=Cc3ccc(C(=O)O)cc3)cc2CC1. The van der Waals surface area contributed by atoms with E-state index < -0.39 is 5.97 Å². The maximum Gasteiger partial charge on any atom is 0.335 e. The maximum absolute atomic E-state index is 11.0. The van der Waals surface area contributed by atoms with Crippen LogP contribution >= 0.6 is 0 Å². The van der Waals surface area contributed by atoms with Crippen molar-refractivity contribution in [3.05, 3.63) is 70.3 Å². The van der Waals surface area contributed by atoms with Gasteiger partial charge in [0.15, 0.2) is 0 Å². The minimum absolute atomic E-state index is 0.323. The normalized spacial score (nSPS) is 20.3. The van der Waals surface area contributed by atoms with E-state index in [0.717, 1.165) is 12.0 Å². The molecule has 1 aliphatic rings. The van der Waals surface area contributed by atoms with Crippen LogP contribution in [0, 0.1) is 5.41 Å². The number of hydrogen-bond donors (Lipinski definition) is 1. The molecule has 2 nitrogen and oxygen atoms in total. The van der Waals surface area contributed by atoms with Gasteiger partial charge in [-0.05, 0) is 78.0 Å². The number of carbonyl (C=O) groups is 1. The Labute approximate surface area is 156 Å². The molecule has 2 heteroatoms. The van der Waals surface area contributed by atoms with Crippen LogP contribution in [0.2, 0.25) is 0 Å². The van der Waals surface area contributed by atoms with Gasteiger partial charge in [-0.3, -0.25) is 0 Å². The van der Waals surface area contributed by atoms with Gasteiger partial charge in [0.05, 0.1) is 5.56 Å². The standard InChI is InChI=1S/C24H28O2/c1-4-24(3)13-11-19-9-10-21(16-22(19)12-14-24)17(2)15-18-5-7-20(8-6-18)23(25)26/h5-10,15-16H,4,11-14H2,1-3H3,(H,25,26). The largest absolute Gasteiger partial charge is 0.478 e. The van der Waals surface area contributed by atoms with Crippen molar-refractivity contribution in [1.29, 1.82) is 0 Å². The zero-order valence-electron chi connectivity index (χ0n) is 16.0. The van der Waals surface area contributed by atoms with Gasteiger partial charge in [-0.2, -0.15) is 0 Å². The summed E-state index contributed by atoms with van der Waals surface area (Å²) in [6.45, 7) is 6.86. The first-order valence-corrected chi connectivity index (χ1v) is 9.54. The lowest BCUT2D eigenvalue weighted by molar-refractivity contribution is 0.0697. The van der Waals surface area contributed by atoms with Crippen molar-refractivity contribution in [1.82, 2.24) is 0 Å². The molecule has 0 amide bonds. The zero-order chi connectivity index (χ0) is 18.7. The van der Waals surface area contributed by atoms with Crippen LogP contribution in [-0.4, -0.2) is 11.1 Å². The molecule has 136 valence electrons. The number of hydrogen-bond acceptors (Lipinski definition) is 1. The van der Waals surface area contributed by atoms with Crippen molar-refractivity contribution >= 4 is 17.6 Å². The first-order valence-electron chi connectivity index (χ1n) is 9.54. The van der Waals surface area contributed by atoms with Gasteiger partial charge in [-0.15, -0.1) is 0 Å². The molecule has 0 saturated heterocycles. The number of carboxylic acids is 1. The van der Waals surface area contributed by atoms with E-state index in [4.69, 9.17) is 5.11 Å². The first-order chi connectivity index (χ1) is 12.4. The molecule has 0 saturated carbocycles. The highest BCUT2D eigenvalue weighted by atomic mass is 16.4. The lowest BCUT2D eigenvalue weighted by Gasteiger charge is -2.25. The van der Waals surface area contributed by atoms with Crippen LogP contribution in [0.4, 0.5) is 0 Å². The molecule has 1 unspecified atom stereocenters. The van der Waals surface area contributed by atoms with Crippen molar-refractivity contribution < 1.29 is 9.90 Å². The fraction of sp³-hybridized carbons (Fsp3) is 0.375. The molecule has 0 fully saturated rings. The number of rotatable bonds is 4. The highest BCUT2D eigenvalue weighted by Gasteiger charge is 2.25. The minimum atomic E-state index is -0.887. The van der Waals surface area contributed by atoms with Gasteiger partial charge in [0.2, 0.25) is 0 Å². The Balaban J connectivity index is 1.83. The summed E-state index contributed by atoms with van der Waals surface area (Å²) in [4.78, 5) is 11.0. The van der Waals surface area contributed by atoms with Gasteiger partial charge in [-0.1, -0.05) is 56.7 Å². The Kier molecular flexibility index (Phi) is 5.31. The van der Waals surface area contributed by atoms with E-state index in [9.17, 15) is 4.79 Å². The number of allylic oxidation sites excluding steroid dienone is 1. The molecular weight excluding hydrogens is 320 g/mol. The number of aromatic carboxylic acids is 1. The van der Waals surface area contributed by atoms with Gasteiger partial charge in [-0.25, -0.2) is 4.79 Å². The number of carboxylic acid groups (broad SMARTS) is 1. The third-order valence-electron chi connectivity index (χ3n) is 6.05. The predicted molar refractivity (Wildman–Crippen MR) is 108 cm³/mol. The Morgan fingerprint density at radius 3 is 2.27 bits per heavy atom. The van der Waals surface area contributed by atoms with E-state index in [1.54, 1.807) is 12.1 Å². The molecule has 0 aliphatic heterocycles. The maximum atomic E-state index is 11.0. The minimum Gasteiger partial charge on any atom is -0.478 e. The summed E-state index contributed by atoms with van der Waals surface area (Å²) in [5.41, 5.74) is 7.28. The molecule has 1 atom stereocenters. The van der Waals surface area contributed by atoms with Crippen molar-refractivity contribution in [3.8, 4) is 0 Å². The van der Waals surface area contributed by atoms with E-state index in [0.29, 0.717) is 11.0 Å². The van der Waals surface area contributed by atoms with Gasteiger partial charge >= 0.3 is 5.97 Å². The second-order valence-corrected chi connectivity index (χ2v) is 7.90. The Morgan fingerprint density at radius 1 is 1.04 bits per heavy atom. The smallest absolute Gasteiger partial charge is 0.335 e. The van der Waals surface area contributed by atoms with E-state index in [1.807, 2.05) is 12.1 Å². The van der Waals surface area contributed by atoms with Crippen LogP contribution in [0.5, 0.6) is 0 Å². The molecule has 0 aromatic heterocycles. The lowest BCUT2D eigenvalue weighted by atomic mass is 9.80. The molecule has 2 aromatic carbocycles. The van der Waals surface area contributed by atoms with Gasteiger partial charge in [0.25, 0.3) is 0 Å². The van der Waals surface area contributed by atoms with Gasteiger partial charge < -0.3 is 5.11 Å². The molecule has 26 heavy (non-hydrogen) atoms. The first kappa shape index (κ1) is 18.4. The molecule has 1 N–H and O–H groups in total. The Bertz CT molecular complexity index is 830. The molecule has 0 bridgehead atoms. The summed E-state index contributed by atoms with van der Waals surface area (Å²) in [7, 11) is 0. The molecule has 2 aromatic rings. The average Bonchev–Trinajstić information content (AvgIpc) is 2.81. The number of fused-ring (bicyclic) bond motifs is 1. The van der Waals surface area contributed by atoms with Crippen LogP contribution in [0.3, 0.4) is 0 Å². The highest BCUT2D eigenvalue weighted by molar-refractivity contribution is 5.88. The van der Waals surface area contributed by atoms with Crippen LogP contribution in [0.15, 0.2) is 42.5 Å². The quantitative estimate of drug-likeness (QED) is 0.524. The van der Waals surface area contributed by atoms with Crippen LogP contribution in [0.1, 0.15) is 72.6 Å². The summed E-state index contributed by atoms with van der Waals surface area (Å²) >= 11 is 0. The van der Waals surface area contributed by atoms with E-state index >= 15 is 0 Å². The van der Waals surface area contributed by atoms with Crippen LogP contribution in [-0.2, 0) is 12.8 Å². The molecule has 0 heterocycles. The third kappa shape index (κ3) is 4.07. The second kappa shape index (κ2) is 7.49. The van der Waals surface area contributed by atoms with Gasteiger partial charge in [0.1, 0.15) is 0 Å². The van der Waals surface area contributed by atoms with E-state index in [2.05, 4.69) is 45.0 Å². The van der Waals surface area contributed by atoms with Crippen LogP contribution < -0.4 is 0 Å². The van der Waals surface area contributed by atoms with Crippen molar-refractivity contribution in [2.75, 3.05) is 0 Å². The van der Waals surface area contributed by atoms with Crippen molar-refractivity contribution in [2.45, 2.75) is 52.9 Å². The molecular formula is C24H28O2. The summed E-state index contributed by atoms with van der Waals surface area (Å²) in [5.74, 6) is -0.887. The molecule has 1 aliphatic carbocycles. The Hall–Kier alpha value is -2.35. The van der Waals surface area contributed by atoms with E-state index in [-0.39, 0.29) is 0 Å². The average molecular weight is 348 g/mol. The zero-order valence-corrected chi connectivity index (χ0v) is 16.0. The third-order valence-corrected chi connectivity index (χ3v) is 6.05. The fourth-order valence-electron chi connectivity index (χ4n) is 3.75. The van der Waals surface area contributed by atoms with Crippen LogP contribution in [0.25, 0.3) is 11.6 Å². The summed E-state index contributed by atoms with van der Waals surface area (Å²) in [5, 5.41) is 9.01. The summed E-state index contributed by atoms with van der Waals surface area (Å²) < 4.78 is 0. The summed E-state index contributed by atoms with van der Waals surface area (Å²) in [6, 6.07) is 13.9. The molecule has 0 spiro atoms. The highest BCUT2D eigenvalue weighted by Crippen LogP contribution is 2.37.